The van der Waals surface area contributed by atoms with Gasteiger partial charge in [-0.1, -0.05) is 23.7 Å². The molecule has 1 heterocycles. The second-order valence-electron chi connectivity index (χ2n) is 2.87. The summed E-state index contributed by atoms with van der Waals surface area (Å²) in [6.07, 6.45) is 0. The lowest BCUT2D eigenvalue weighted by atomic mass is 10.1. The fraction of sp³-hybridized carbons (Fsp3) is 0.111. The second-order valence-corrected chi connectivity index (χ2v) is 4.03. The monoisotopic (exact) mass is 225 g/mol. The number of benzene rings is 1. The van der Waals surface area contributed by atoms with Crippen LogP contribution in [0.4, 0.5) is 5.95 Å². The van der Waals surface area contributed by atoms with Crippen LogP contribution in [0.5, 0.6) is 0 Å². The summed E-state index contributed by atoms with van der Waals surface area (Å²) < 4.78 is 3.93. The molecule has 5 heteroatoms. The summed E-state index contributed by atoms with van der Waals surface area (Å²) in [6, 6.07) is 5.70. The van der Waals surface area contributed by atoms with Crippen LogP contribution in [0.3, 0.4) is 0 Å². The van der Waals surface area contributed by atoms with Gasteiger partial charge in [-0.05, 0) is 30.1 Å². The van der Waals surface area contributed by atoms with Crippen molar-refractivity contribution in [2.45, 2.75) is 6.92 Å². The summed E-state index contributed by atoms with van der Waals surface area (Å²) in [5.74, 6) is 0.310. The zero-order chi connectivity index (χ0) is 10.1. The van der Waals surface area contributed by atoms with Crippen LogP contribution in [-0.2, 0) is 0 Å². The van der Waals surface area contributed by atoms with Gasteiger partial charge in [-0.25, -0.2) is 0 Å². The van der Waals surface area contributed by atoms with Crippen molar-refractivity contribution in [1.29, 1.82) is 0 Å². The van der Waals surface area contributed by atoms with Crippen molar-refractivity contribution in [3.8, 4) is 10.6 Å². The Labute approximate surface area is 90.7 Å². The van der Waals surface area contributed by atoms with Crippen LogP contribution in [0, 0.1) is 6.92 Å². The fourth-order valence-electron chi connectivity index (χ4n) is 1.18. The lowest BCUT2D eigenvalue weighted by Crippen LogP contribution is -1.87. The van der Waals surface area contributed by atoms with E-state index in [4.69, 9.17) is 17.3 Å². The molecule has 0 aliphatic carbocycles. The molecular weight excluding hydrogens is 218 g/mol. The van der Waals surface area contributed by atoms with Gasteiger partial charge in [0.2, 0.25) is 5.95 Å². The van der Waals surface area contributed by atoms with Crippen molar-refractivity contribution >= 4 is 29.1 Å². The first-order valence-corrected chi connectivity index (χ1v) is 5.18. The highest BCUT2D eigenvalue weighted by Gasteiger charge is 2.08. The Hall–Kier alpha value is -1.13. The molecule has 0 spiro atoms. The van der Waals surface area contributed by atoms with E-state index in [1.54, 1.807) is 0 Å². The first-order chi connectivity index (χ1) is 6.68. The third kappa shape index (κ3) is 1.58. The third-order valence-electron chi connectivity index (χ3n) is 1.94. The van der Waals surface area contributed by atoms with Crippen molar-refractivity contribution < 1.29 is 0 Å². The molecule has 1 aromatic heterocycles. The van der Waals surface area contributed by atoms with E-state index in [2.05, 4.69) is 9.36 Å². The lowest BCUT2D eigenvalue weighted by molar-refractivity contribution is 1.33. The molecule has 0 saturated carbocycles. The minimum absolute atomic E-state index is 0.310. The SMILES string of the molecule is Cc1c(Cl)cccc1-c1nc(N)ns1. The highest BCUT2D eigenvalue weighted by atomic mass is 35.5. The number of nitrogens with two attached hydrogens (primary N) is 1. The summed E-state index contributed by atoms with van der Waals surface area (Å²) in [5.41, 5.74) is 7.46. The highest BCUT2D eigenvalue weighted by Crippen LogP contribution is 2.29. The van der Waals surface area contributed by atoms with Gasteiger partial charge in [0.1, 0.15) is 5.01 Å². The van der Waals surface area contributed by atoms with E-state index in [0.717, 1.165) is 21.2 Å². The Morgan fingerprint density at radius 2 is 2.21 bits per heavy atom. The number of anilines is 1. The van der Waals surface area contributed by atoms with Crippen LogP contribution in [0.2, 0.25) is 5.02 Å². The molecule has 3 nitrogen and oxygen atoms in total. The van der Waals surface area contributed by atoms with Crippen LogP contribution in [0.1, 0.15) is 5.56 Å². The van der Waals surface area contributed by atoms with Crippen LogP contribution in [0.25, 0.3) is 10.6 Å². The predicted octanol–water partition coefficient (Wildman–Crippen LogP) is 2.75. The minimum atomic E-state index is 0.310. The van der Waals surface area contributed by atoms with Crippen molar-refractivity contribution in [3.63, 3.8) is 0 Å². The van der Waals surface area contributed by atoms with Gasteiger partial charge >= 0.3 is 0 Å². The highest BCUT2D eigenvalue weighted by molar-refractivity contribution is 7.09. The van der Waals surface area contributed by atoms with Gasteiger partial charge in [0.15, 0.2) is 0 Å². The number of nitrogens with zero attached hydrogens (tertiary/aromatic N) is 2. The quantitative estimate of drug-likeness (QED) is 0.812. The first kappa shape index (κ1) is 9.43. The van der Waals surface area contributed by atoms with E-state index in [1.165, 1.54) is 11.5 Å². The molecule has 2 aromatic rings. The Balaban J connectivity index is 2.57. The fourth-order valence-corrected chi connectivity index (χ4v) is 2.03. The molecule has 0 unspecified atom stereocenters. The molecule has 0 radical (unpaired) electrons. The van der Waals surface area contributed by atoms with Gasteiger partial charge in [-0.15, -0.1) is 0 Å². The maximum Gasteiger partial charge on any atom is 0.232 e. The van der Waals surface area contributed by atoms with Crippen molar-refractivity contribution in [2.75, 3.05) is 5.73 Å². The summed E-state index contributed by atoms with van der Waals surface area (Å²) in [6.45, 7) is 1.95. The number of hydrogen-bond donors (Lipinski definition) is 1. The normalized spacial score (nSPS) is 10.4. The Kier molecular flexibility index (Phi) is 2.39. The van der Waals surface area contributed by atoms with E-state index in [1.807, 2.05) is 25.1 Å². The van der Waals surface area contributed by atoms with E-state index in [9.17, 15) is 0 Å². The average molecular weight is 226 g/mol. The van der Waals surface area contributed by atoms with Crippen molar-refractivity contribution in [2.24, 2.45) is 0 Å². The zero-order valence-corrected chi connectivity index (χ0v) is 9.06. The maximum atomic E-state index is 6.00. The Morgan fingerprint density at radius 3 is 2.86 bits per heavy atom. The molecule has 0 amide bonds. The van der Waals surface area contributed by atoms with Crippen LogP contribution >= 0.6 is 23.1 Å². The average Bonchev–Trinajstić information content (AvgIpc) is 2.57. The predicted molar refractivity (Wildman–Crippen MR) is 59.5 cm³/mol. The first-order valence-electron chi connectivity index (χ1n) is 4.03. The molecule has 0 saturated heterocycles. The number of hydrogen-bond acceptors (Lipinski definition) is 4. The minimum Gasteiger partial charge on any atom is -0.367 e. The molecule has 0 aliphatic rings. The topological polar surface area (TPSA) is 51.8 Å². The molecule has 2 N–H and O–H groups in total. The molecule has 0 bridgehead atoms. The van der Waals surface area contributed by atoms with E-state index in [0.29, 0.717) is 5.95 Å². The lowest BCUT2D eigenvalue weighted by Gasteiger charge is -2.02. The van der Waals surface area contributed by atoms with Crippen molar-refractivity contribution in [1.82, 2.24) is 9.36 Å². The van der Waals surface area contributed by atoms with Crippen LogP contribution in [0.15, 0.2) is 18.2 Å². The van der Waals surface area contributed by atoms with E-state index < -0.39 is 0 Å². The third-order valence-corrected chi connectivity index (χ3v) is 3.11. The summed E-state index contributed by atoms with van der Waals surface area (Å²) in [7, 11) is 0. The van der Waals surface area contributed by atoms with E-state index >= 15 is 0 Å². The maximum absolute atomic E-state index is 6.00. The van der Waals surface area contributed by atoms with E-state index in [-0.39, 0.29) is 0 Å². The molecule has 14 heavy (non-hydrogen) atoms. The molecule has 1 aromatic carbocycles. The summed E-state index contributed by atoms with van der Waals surface area (Å²) >= 11 is 7.28. The number of nitrogen functional groups attached to an aromatic ring is 1. The molecular formula is C9H8ClN3S. The molecule has 72 valence electrons. The zero-order valence-electron chi connectivity index (χ0n) is 7.49. The number of rotatable bonds is 1. The Morgan fingerprint density at radius 1 is 1.43 bits per heavy atom. The smallest absolute Gasteiger partial charge is 0.232 e. The Bertz CT molecular complexity index is 467. The van der Waals surface area contributed by atoms with Crippen molar-refractivity contribution in [3.05, 3.63) is 28.8 Å². The largest absolute Gasteiger partial charge is 0.367 e. The van der Waals surface area contributed by atoms with Crippen LogP contribution in [-0.4, -0.2) is 9.36 Å². The molecule has 0 atom stereocenters. The van der Waals surface area contributed by atoms with Gasteiger partial charge in [0.25, 0.3) is 0 Å². The van der Waals surface area contributed by atoms with Gasteiger partial charge < -0.3 is 5.73 Å². The van der Waals surface area contributed by atoms with Gasteiger partial charge in [-0.2, -0.15) is 9.36 Å². The number of halogens is 1. The summed E-state index contributed by atoms with van der Waals surface area (Å²) in [4.78, 5) is 4.11. The standard InChI is InChI=1S/C9H8ClN3S/c1-5-6(3-2-4-7(5)10)8-12-9(11)13-14-8/h2-4H,1H3,(H2,11,13). The second kappa shape index (κ2) is 3.55. The van der Waals surface area contributed by atoms with Gasteiger partial charge in [0.05, 0.1) is 0 Å². The molecule has 0 fully saturated rings. The summed E-state index contributed by atoms with van der Waals surface area (Å²) in [5, 5.41) is 1.54. The molecule has 0 aliphatic heterocycles. The molecule has 2 rings (SSSR count). The number of aromatic nitrogens is 2. The van der Waals surface area contributed by atoms with Gasteiger partial charge in [-0.3, -0.25) is 0 Å². The van der Waals surface area contributed by atoms with Crippen LogP contribution < -0.4 is 5.73 Å². The van der Waals surface area contributed by atoms with Gasteiger partial charge in [0, 0.05) is 10.6 Å².